The van der Waals surface area contributed by atoms with E-state index in [0.717, 1.165) is 23.0 Å². The van der Waals surface area contributed by atoms with Gasteiger partial charge in [-0.3, -0.25) is 24.4 Å². The van der Waals surface area contributed by atoms with Gasteiger partial charge in [-0.1, -0.05) is 55.8 Å². The summed E-state index contributed by atoms with van der Waals surface area (Å²) in [5.41, 5.74) is 3.11. The average Bonchev–Trinajstić information content (AvgIpc) is 3.44. The summed E-state index contributed by atoms with van der Waals surface area (Å²) in [6, 6.07) is 16.9. The van der Waals surface area contributed by atoms with Crippen LogP contribution in [0.3, 0.4) is 0 Å². The van der Waals surface area contributed by atoms with Gasteiger partial charge in [0.05, 0.1) is 29.1 Å². The molecule has 32 heavy (non-hydrogen) atoms. The third-order valence-corrected chi connectivity index (χ3v) is 5.87. The molecular weight excluding hydrogens is 406 g/mol. The molecule has 8 nitrogen and oxygen atoms in total. The molecule has 0 aliphatic carbocycles. The summed E-state index contributed by atoms with van der Waals surface area (Å²) in [5.74, 6) is -1.02. The molecule has 2 amide bonds. The molecular formula is C24H23N5O3. The number of hydrogen-bond acceptors (Lipinski definition) is 4. The number of nitrogens with zero attached hydrogens (tertiary/aromatic N) is 3. The molecule has 1 fully saturated rings. The minimum absolute atomic E-state index is 0.00436. The van der Waals surface area contributed by atoms with Gasteiger partial charge in [0, 0.05) is 12.1 Å². The fourth-order valence-electron chi connectivity index (χ4n) is 4.33. The number of fused-ring (bicyclic) bond motifs is 1. The largest absolute Gasteiger partial charge is 0.322 e. The molecule has 162 valence electrons. The van der Waals surface area contributed by atoms with Crippen molar-refractivity contribution < 1.29 is 9.59 Å². The van der Waals surface area contributed by atoms with E-state index in [9.17, 15) is 14.4 Å². The molecule has 5 rings (SSSR count). The number of carbonyl (C=O) groups is 2. The van der Waals surface area contributed by atoms with E-state index < -0.39 is 5.92 Å². The predicted octanol–water partition coefficient (Wildman–Crippen LogP) is 3.04. The summed E-state index contributed by atoms with van der Waals surface area (Å²) in [4.78, 5) is 48.3. The molecule has 8 heteroatoms. The molecule has 3 heterocycles. The first-order valence-electron chi connectivity index (χ1n) is 10.7. The molecule has 0 spiro atoms. The van der Waals surface area contributed by atoms with Crippen LogP contribution in [0.5, 0.6) is 0 Å². The number of imidazole rings is 1. The van der Waals surface area contributed by atoms with Crippen molar-refractivity contribution in [3.05, 3.63) is 81.8 Å². The Bertz CT molecular complexity index is 1330. The summed E-state index contributed by atoms with van der Waals surface area (Å²) in [6.07, 6.45) is 1.37. The summed E-state index contributed by atoms with van der Waals surface area (Å²) in [5, 5.41) is 3.13. The van der Waals surface area contributed by atoms with Gasteiger partial charge in [0.15, 0.2) is 0 Å². The maximum atomic E-state index is 13.4. The Morgan fingerprint density at radius 3 is 2.53 bits per heavy atom. The maximum Gasteiger partial charge on any atom is 0.278 e. The SMILES string of the molecule is CCCc1[nH]n(-c2nc3ccccc3[nH]2)c(=O)c1[C@H]1CC(=O)N(Cc2ccccc2)C1=O. The molecule has 0 unspecified atom stereocenters. The monoisotopic (exact) mass is 429 g/mol. The number of carbonyl (C=O) groups excluding carboxylic acids is 2. The Kier molecular flexibility index (Phi) is 4.97. The lowest BCUT2D eigenvalue weighted by molar-refractivity contribution is -0.139. The van der Waals surface area contributed by atoms with Gasteiger partial charge in [-0.25, -0.2) is 4.98 Å². The molecule has 1 saturated heterocycles. The van der Waals surface area contributed by atoms with Crippen LogP contribution < -0.4 is 5.56 Å². The van der Waals surface area contributed by atoms with Gasteiger partial charge in [-0.2, -0.15) is 4.68 Å². The highest BCUT2D eigenvalue weighted by Crippen LogP contribution is 2.31. The molecule has 1 aliphatic rings. The standard InChI is InChI=1S/C24H23N5O3/c1-2-8-19-21(16-13-20(30)28(22(16)31)14-15-9-4-3-5-10-15)23(32)29(27-19)24-25-17-11-6-7-12-18(17)26-24/h3-7,9-12,16,27H,2,8,13-14H2,1H3,(H,25,26)/t16-/m1/s1. The van der Waals surface area contributed by atoms with Crippen LogP contribution in [0.25, 0.3) is 17.0 Å². The number of aromatic nitrogens is 4. The first-order valence-corrected chi connectivity index (χ1v) is 10.7. The van der Waals surface area contributed by atoms with Crippen molar-refractivity contribution in [1.29, 1.82) is 0 Å². The predicted molar refractivity (Wildman–Crippen MR) is 119 cm³/mol. The number of para-hydroxylation sites is 2. The molecule has 1 atom stereocenters. The van der Waals surface area contributed by atoms with E-state index in [-0.39, 0.29) is 30.3 Å². The number of hydrogen-bond donors (Lipinski definition) is 2. The summed E-state index contributed by atoms with van der Waals surface area (Å²) >= 11 is 0. The Balaban J connectivity index is 1.53. The second-order valence-corrected chi connectivity index (χ2v) is 8.03. The zero-order valence-corrected chi connectivity index (χ0v) is 17.7. The smallest absolute Gasteiger partial charge is 0.278 e. The number of nitrogens with one attached hydrogen (secondary N) is 2. The van der Waals surface area contributed by atoms with Crippen LogP contribution >= 0.6 is 0 Å². The van der Waals surface area contributed by atoms with Gasteiger partial charge >= 0.3 is 0 Å². The van der Waals surface area contributed by atoms with Crippen molar-refractivity contribution in [3.8, 4) is 5.95 Å². The van der Waals surface area contributed by atoms with E-state index >= 15 is 0 Å². The van der Waals surface area contributed by atoms with Crippen molar-refractivity contribution in [2.24, 2.45) is 0 Å². The number of imide groups is 1. The molecule has 2 aromatic heterocycles. The van der Waals surface area contributed by atoms with E-state index in [1.165, 1.54) is 9.58 Å². The lowest BCUT2D eigenvalue weighted by Crippen LogP contribution is -2.31. The van der Waals surface area contributed by atoms with Gasteiger partial charge in [0.25, 0.3) is 5.56 Å². The number of aryl methyl sites for hydroxylation is 1. The fourth-order valence-corrected chi connectivity index (χ4v) is 4.33. The molecule has 2 N–H and O–H groups in total. The van der Waals surface area contributed by atoms with Gasteiger partial charge in [0.1, 0.15) is 0 Å². The zero-order valence-electron chi connectivity index (χ0n) is 17.7. The minimum atomic E-state index is -0.790. The highest BCUT2D eigenvalue weighted by Gasteiger charge is 2.42. The van der Waals surface area contributed by atoms with Gasteiger partial charge in [0.2, 0.25) is 17.8 Å². The van der Waals surface area contributed by atoms with Gasteiger partial charge < -0.3 is 4.98 Å². The third-order valence-electron chi connectivity index (χ3n) is 5.87. The molecule has 0 radical (unpaired) electrons. The number of H-pyrrole nitrogens is 2. The summed E-state index contributed by atoms with van der Waals surface area (Å²) < 4.78 is 1.35. The van der Waals surface area contributed by atoms with Crippen LogP contribution in [0.2, 0.25) is 0 Å². The number of rotatable bonds is 6. The summed E-state index contributed by atoms with van der Waals surface area (Å²) in [6.45, 7) is 2.21. The van der Waals surface area contributed by atoms with E-state index in [0.29, 0.717) is 23.6 Å². The van der Waals surface area contributed by atoms with Crippen molar-refractivity contribution in [2.45, 2.75) is 38.6 Å². The van der Waals surface area contributed by atoms with E-state index in [1.807, 2.05) is 61.5 Å². The lowest BCUT2D eigenvalue weighted by atomic mass is 9.96. The maximum absolute atomic E-state index is 13.4. The van der Waals surface area contributed by atoms with Crippen LogP contribution in [0.15, 0.2) is 59.4 Å². The van der Waals surface area contributed by atoms with Crippen molar-refractivity contribution in [2.75, 3.05) is 0 Å². The molecule has 2 aromatic carbocycles. The second-order valence-electron chi connectivity index (χ2n) is 8.03. The first kappa shape index (κ1) is 20.0. The van der Waals surface area contributed by atoms with Crippen LogP contribution in [-0.2, 0) is 22.6 Å². The Labute approximate surface area is 183 Å². The highest BCUT2D eigenvalue weighted by molar-refractivity contribution is 6.06. The number of amides is 2. The normalized spacial score (nSPS) is 16.4. The summed E-state index contributed by atoms with van der Waals surface area (Å²) in [7, 11) is 0. The molecule has 0 bridgehead atoms. The number of benzene rings is 2. The van der Waals surface area contributed by atoms with E-state index in [2.05, 4.69) is 15.1 Å². The Morgan fingerprint density at radius 2 is 1.78 bits per heavy atom. The van der Waals surface area contributed by atoms with Crippen molar-refractivity contribution in [3.63, 3.8) is 0 Å². The fraction of sp³-hybridized carbons (Fsp3) is 0.250. The van der Waals surface area contributed by atoms with Gasteiger partial charge in [-0.15, -0.1) is 0 Å². The van der Waals surface area contributed by atoms with Crippen molar-refractivity contribution >= 4 is 22.8 Å². The third kappa shape index (κ3) is 3.33. The van der Waals surface area contributed by atoms with E-state index in [1.54, 1.807) is 0 Å². The number of aromatic amines is 2. The average molecular weight is 429 g/mol. The van der Waals surface area contributed by atoms with E-state index in [4.69, 9.17) is 0 Å². The Hall–Kier alpha value is -3.94. The van der Waals surface area contributed by atoms with Crippen LogP contribution in [0.4, 0.5) is 0 Å². The molecule has 4 aromatic rings. The van der Waals surface area contributed by atoms with Gasteiger partial charge in [-0.05, 0) is 24.1 Å². The first-order chi connectivity index (χ1) is 15.6. The molecule has 0 saturated carbocycles. The lowest BCUT2D eigenvalue weighted by Gasteiger charge is -2.15. The molecule has 1 aliphatic heterocycles. The zero-order chi connectivity index (χ0) is 22.2. The van der Waals surface area contributed by atoms with Crippen LogP contribution in [0.1, 0.15) is 42.5 Å². The highest BCUT2D eigenvalue weighted by atomic mass is 16.2. The topological polar surface area (TPSA) is 104 Å². The Morgan fingerprint density at radius 1 is 1.03 bits per heavy atom. The second kappa shape index (κ2) is 7.96. The number of likely N-dealkylation sites (tertiary alicyclic amines) is 1. The quantitative estimate of drug-likeness (QED) is 0.460. The minimum Gasteiger partial charge on any atom is -0.322 e. The van der Waals surface area contributed by atoms with Crippen molar-refractivity contribution in [1.82, 2.24) is 24.6 Å². The van der Waals surface area contributed by atoms with Crippen LogP contribution in [0, 0.1) is 0 Å². The van der Waals surface area contributed by atoms with Crippen LogP contribution in [-0.4, -0.2) is 36.5 Å².